The van der Waals surface area contributed by atoms with Crippen molar-refractivity contribution < 1.29 is 13.2 Å². The summed E-state index contributed by atoms with van der Waals surface area (Å²) in [6.45, 7) is 4.11. The Morgan fingerprint density at radius 2 is 1.93 bits per heavy atom. The molecule has 1 amide bonds. The molecule has 8 heteroatoms. The Morgan fingerprint density at radius 1 is 1.17 bits per heavy atom. The average molecular weight is 429 g/mol. The van der Waals surface area contributed by atoms with Crippen LogP contribution in [0.25, 0.3) is 0 Å². The SMILES string of the molecule is Cc1ccc(S(=O)(=O)NC2CC2)cc1C(=O)NCc1cccnc1N1CCCCC1. The zero-order valence-electron chi connectivity index (χ0n) is 17.2. The summed E-state index contributed by atoms with van der Waals surface area (Å²) >= 11 is 0. The molecule has 0 spiro atoms. The average Bonchev–Trinajstić information content (AvgIpc) is 3.56. The highest BCUT2D eigenvalue weighted by Gasteiger charge is 2.28. The number of anilines is 1. The molecule has 0 atom stereocenters. The predicted molar refractivity (Wildman–Crippen MR) is 116 cm³/mol. The van der Waals surface area contributed by atoms with Gasteiger partial charge in [-0.05, 0) is 62.8 Å². The summed E-state index contributed by atoms with van der Waals surface area (Å²) in [7, 11) is -3.60. The predicted octanol–water partition coefficient (Wildman–Crippen LogP) is 2.75. The molecule has 0 bridgehead atoms. The molecule has 1 aliphatic heterocycles. The van der Waals surface area contributed by atoms with Gasteiger partial charge in [0.25, 0.3) is 5.91 Å². The van der Waals surface area contributed by atoms with Gasteiger partial charge in [0.1, 0.15) is 5.82 Å². The van der Waals surface area contributed by atoms with Gasteiger partial charge in [-0.1, -0.05) is 12.1 Å². The van der Waals surface area contributed by atoms with Crippen LogP contribution in [0.2, 0.25) is 0 Å². The number of pyridine rings is 1. The van der Waals surface area contributed by atoms with E-state index in [4.69, 9.17) is 0 Å². The van der Waals surface area contributed by atoms with Gasteiger partial charge in [-0.25, -0.2) is 18.1 Å². The number of benzene rings is 1. The van der Waals surface area contributed by atoms with E-state index in [2.05, 4.69) is 19.9 Å². The monoisotopic (exact) mass is 428 g/mol. The van der Waals surface area contributed by atoms with Crippen molar-refractivity contribution in [3.63, 3.8) is 0 Å². The lowest BCUT2D eigenvalue weighted by Gasteiger charge is -2.29. The molecule has 2 aliphatic rings. The lowest BCUT2D eigenvalue weighted by atomic mass is 10.1. The van der Waals surface area contributed by atoms with Crippen molar-refractivity contribution in [2.24, 2.45) is 0 Å². The van der Waals surface area contributed by atoms with Crippen LogP contribution in [0.5, 0.6) is 0 Å². The Kier molecular flexibility index (Phi) is 6.06. The van der Waals surface area contributed by atoms with Crippen LogP contribution >= 0.6 is 0 Å². The number of rotatable bonds is 7. The molecule has 1 aromatic carbocycles. The van der Waals surface area contributed by atoms with E-state index in [0.717, 1.165) is 55.7 Å². The summed E-state index contributed by atoms with van der Waals surface area (Å²) in [6, 6.07) is 8.56. The number of carbonyl (C=O) groups excluding carboxylic acids is 1. The van der Waals surface area contributed by atoms with Gasteiger partial charge in [-0.3, -0.25) is 4.79 Å². The van der Waals surface area contributed by atoms with Crippen LogP contribution < -0.4 is 14.9 Å². The van der Waals surface area contributed by atoms with Crippen molar-refractivity contribution in [3.05, 3.63) is 53.2 Å². The van der Waals surface area contributed by atoms with Crippen LogP contribution in [0.3, 0.4) is 0 Å². The lowest BCUT2D eigenvalue weighted by molar-refractivity contribution is 0.0950. The topological polar surface area (TPSA) is 91.4 Å². The first-order valence-electron chi connectivity index (χ1n) is 10.5. The number of nitrogens with zero attached hydrogens (tertiary/aromatic N) is 2. The second-order valence-electron chi connectivity index (χ2n) is 8.09. The quantitative estimate of drug-likeness (QED) is 0.708. The van der Waals surface area contributed by atoms with E-state index < -0.39 is 10.0 Å². The molecule has 2 fully saturated rings. The van der Waals surface area contributed by atoms with Crippen molar-refractivity contribution in [2.45, 2.75) is 56.5 Å². The minimum absolute atomic E-state index is 0.0207. The molecule has 1 aliphatic carbocycles. The normalized spacial score (nSPS) is 17.0. The molecular weight excluding hydrogens is 400 g/mol. The minimum Gasteiger partial charge on any atom is -0.356 e. The smallest absolute Gasteiger partial charge is 0.251 e. The van der Waals surface area contributed by atoms with E-state index in [1.54, 1.807) is 18.3 Å². The largest absolute Gasteiger partial charge is 0.356 e. The van der Waals surface area contributed by atoms with Crippen LogP contribution in [0.4, 0.5) is 5.82 Å². The number of hydrogen-bond acceptors (Lipinski definition) is 5. The van der Waals surface area contributed by atoms with Crippen molar-refractivity contribution in [3.8, 4) is 0 Å². The van der Waals surface area contributed by atoms with E-state index in [9.17, 15) is 13.2 Å². The number of aryl methyl sites for hydroxylation is 1. The molecule has 2 aromatic rings. The first-order valence-corrected chi connectivity index (χ1v) is 12.0. The third-order valence-corrected chi connectivity index (χ3v) is 7.14. The Hall–Kier alpha value is -2.45. The van der Waals surface area contributed by atoms with E-state index >= 15 is 0 Å². The third-order valence-electron chi connectivity index (χ3n) is 5.63. The second-order valence-corrected chi connectivity index (χ2v) is 9.80. The Labute approximate surface area is 177 Å². The molecule has 2 N–H and O–H groups in total. The second kappa shape index (κ2) is 8.73. The molecule has 2 heterocycles. The third kappa shape index (κ3) is 4.82. The first kappa shape index (κ1) is 20.8. The van der Waals surface area contributed by atoms with Gasteiger partial charge in [0.2, 0.25) is 10.0 Å². The Morgan fingerprint density at radius 3 is 2.67 bits per heavy atom. The molecule has 7 nitrogen and oxygen atoms in total. The summed E-state index contributed by atoms with van der Waals surface area (Å²) in [5.41, 5.74) is 2.07. The number of piperidine rings is 1. The fourth-order valence-electron chi connectivity index (χ4n) is 3.73. The van der Waals surface area contributed by atoms with Crippen molar-refractivity contribution in [1.29, 1.82) is 0 Å². The number of nitrogens with one attached hydrogen (secondary N) is 2. The Bertz CT molecular complexity index is 1030. The zero-order valence-corrected chi connectivity index (χ0v) is 18.0. The molecule has 1 aromatic heterocycles. The highest BCUT2D eigenvalue weighted by atomic mass is 32.2. The summed E-state index contributed by atoms with van der Waals surface area (Å²) in [5.74, 6) is 0.628. The van der Waals surface area contributed by atoms with Crippen molar-refractivity contribution in [1.82, 2.24) is 15.0 Å². The number of carbonyl (C=O) groups is 1. The van der Waals surface area contributed by atoms with E-state index in [0.29, 0.717) is 12.1 Å². The molecule has 0 radical (unpaired) electrons. The molecule has 160 valence electrons. The van der Waals surface area contributed by atoms with Crippen molar-refractivity contribution >= 4 is 21.7 Å². The maximum Gasteiger partial charge on any atom is 0.251 e. The summed E-state index contributed by atoms with van der Waals surface area (Å²) in [5, 5.41) is 2.95. The van der Waals surface area contributed by atoms with E-state index in [-0.39, 0.29) is 16.8 Å². The first-order chi connectivity index (χ1) is 14.4. The number of hydrogen-bond donors (Lipinski definition) is 2. The number of aromatic nitrogens is 1. The molecule has 30 heavy (non-hydrogen) atoms. The lowest BCUT2D eigenvalue weighted by Crippen LogP contribution is -2.32. The fourth-order valence-corrected chi connectivity index (χ4v) is 5.06. The van der Waals surface area contributed by atoms with Crippen LogP contribution in [0, 0.1) is 6.92 Å². The van der Waals surface area contributed by atoms with Gasteiger partial charge in [0, 0.05) is 43.0 Å². The van der Waals surface area contributed by atoms with Crippen LogP contribution in [-0.2, 0) is 16.6 Å². The highest BCUT2D eigenvalue weighted by molar-refractivity contribution is 7.89. The van der Waals surface area contributed by atoms with E-state index in [1.807, 2.05) is 19.1 Å². The molecule has 1 saturated heterocycles. The van der Waals surface area contributed by atoms with Crippen LogP contribution in [0.15, 0.2) is 41.4 Å². The van der Waals surface area contributed by atoms with Gasteiger partial charge >= 0.3 is 0 Å². The van der Waals surface area contributed by atoms with Crippen molar-refractivity contribution in [2.75, 3.05) is 18.0 Å². The van der Waals surface area contributed by atoms with E-state index in [1.165, 1.54) is 12.5 Å². The standard InChI is InChI=1S/C22H28N4O3S/c1-16-7-10-19(30(28,29)25-18-8-9-18)14-20(16)22(27)24-15-17-6-5-11-23-21(17)26-12-3-2-4-13-26/h5-7,10-11,14,18,25H,2-4,8-9,12-13,15H2,1H3,(H,24,27). The summed E-state index contributed by atoms with van der Waals surface area (Å²) < 4.78 is 27.7. The summed E-state index contributed by atoms with van der Waals surface area (Å²) in [4.78, 5) is 19.8. The molecular formula is C22H28N4O3S. The maximum atomic E-state index is 12.9. The molecule has 4 rings (SSSR count). The summed E-state index contributed by atoms with van der Waals surface area (Å²) in [6.07, 6.45) is 7.05. The van der Waals surface area contributed by atoms with Gasteiger partial charge < -0.3 is 10.2 Å². The van der Waals surface area contributed by atoms with Gasteiger partial charge in [0.05, 0.1) is 4.90 Å². The van der Waals surface area contributed by atoms with Gasteiger partial charge in [-0.2, -0.15) is 0 Å². The minimum atomic E-state index is -3.60. The molecule has 0 unspecified atom stereocenters. The zero-order chi connectivity index (χ0) is 21.1. The number of sulfonamides is 1. The van der Waals surface area contributed by atoms with Crippen LogP contribution in [0.1, 0.15) is 53.6 Å². The van der Waals surface area contributed by atoms with Gasteiger partial charge in [-0.15, -0.1) is 0 Å². The van der Waals surface area contributed by atoms with Gasteiger partial charge in [0.15, 0.2) is 0 Å². The maximum absolute atomic E-state index is 12.9. The Balaban J connectivity index is 1.49. The van der Waals surface area contributed by atoms with Crippen LogP contribution in [-0.4, -0.2) is 38.4 Å². The molecule has 1 saturated carbocycles. The highest BCUT2D eigenvalue weighted by Crippen LogP contribution is 2.24. The number of amides is 1. The fraction of sp³-hybridized carbons (Fsp3) is 0.455.